The molecule has 0 bridgehead atoms. The third kappa shape index (κ3) is 3.68. The van der Waals surface area contributed by atoms with Crippen LogP contribution in [0.3, 0.4) is 0 Å². The van der Waals surface area contributed by atoms with Gasteiger partial charge in [0, 0.05) is 33.6 Å². The third-order valence-electron chi connectivity index (χ3n) is 6.89. The first kappa shape index (κ1) is 21.5. The summed E-state index contributed by atoms with van der Waals surface area (Å²) >= 11 is 0. The number of likely N-dealkylation sites (tertiary alicyclic amines) is 1. The van der Waals surface area contributed by atoms with E-state index in [0.29, 0.717) is 12.4 Å². The normalized spacial score (nSPS) is 16.7. The molecule has 0 spiro atoms. The SMILES string of the molecule is CC(C)c1c(-c2ccnc3[nH]ncc23)[nH]c2ccc(-c3ncc(CN4CCC[C@H]4C(N)=O)o3)cc12. The van der Waals surface area contributed by atoms with Crippen LogP contribution in [-0.2, 0) is 11.3 Å². The van der Waals surface area contributed by atoms with Gasteiger partial charge >= 0.3 is 0 Å². The van der Waals surface area contributed by atoms with Crippen molar-refractivity contribution in [1.29, 1.82) is 0 Å². The van der Waals surface area contributed by atoms with E-state index in [0.717, 1.165) is 63.9 Å². The number of hydrogen-bond acceptors (Lipinski definition) is 6. The molecule has 9 heteroatoms. The van der Waals surface area contributed by atoms with Crippen molar-refractivity contribution in [2.24, 2.45) is 5.73 Å². The highest BCUT2D eigenvalue weighted by Crippen LogP contribution is 2.39. The number of pyridine rings is 1. The fourth-order valence-electron chi connectivity index (χ4n) is 5.28. The molecule has 35 heavy (non-hydrogen) atoms. The van der Waals surface area contributed by atoms with Gasteiger partial charge in [-0.15, -0.1) is 0 Å². The average molecular weight is 470 g/mol. The summed E-state index contributed by atoms with van der Waals surface area (Å²) in [5.41, 5.74) is 11.6. The van der Waals surface area contributed by atoms with Gasteiger partial charge < -0.3 is 15.1 Å². The van der Waals surface area contributed by atoms with Gasteiger partial charge in [-0.2, -0.15) is 5.10 Å². The number of hydrogen-bond donors (Lipinski definition) is 3. The van der Waals surface area contributed by atoms with Crippen LogP contribution < -0.4 is 5.73 Å². The van der Waals surface area contributed by atoms with E-state index < -0.39 is 0 Å². The van der Waals surface area contributed by atoms with Gasteiger partial charge in [-0.1, -0.05) is 13.8 Å². The molecule has 0 aliphatic carbocycles. The summed E-state index contributed by atoms with van der Waals surface area (Å²) in [6.07, 6.45) is 7.12. The van der Waals surface area contributed by atoms with E-state index >= 15 is 0 Å². The lowest BCUT2D eigenvalue weighted by Gasteiger charge is -2.19. The summed E-state index contributed by atoms with van der Waals surface area (Å²) < 4.78 is 6.11. The molecule has 0 unspecified atom stereocenters. The third-order valence-corrected chi connectivity index (χ3v) is 6.89. The van der Waals surface area contributed by atoms with Gasteiger partial charge in [0.1, 0.15) is 5.76 Å². The van der Waals surface area contributed by atoms with Gasteiger partial charge in [0.2, 0.25) is 11.8 Å². The van der Waals surface area contributed by atoms with Crippen LogP contribution in [0.4, 0.5) is 0 Å². The number of nitrogens with zero attached hydrogens (tertiary/aromatic N) is 4. The van der Waals surface area contributed by atoms with Gasteiger partial charge in [-0.3, -0.25) is 14.8 Å². The summed E-state index contributed by atoms with van der Waals surface area (Å²) in [6.45, 7) is 5.75. The maximum Gasteiger partial charge on any atom is 0.234 e. The zero-order valence-corrected chi connectivity index (χ0v) is 19.7. The van der Waals surface area contributed by atoms with Crippen LogP contribution in [0.1, 0.15) is 43.9 Å². The van der Waals surface area contributed by atoms with Crippen molar-refractivity contribution in [3.05, 3.63) is 54.2 Å². The zero-order valence-electron chi connectivity index (χ0n) is 19.7. The standard InChI is InChI=1S/C26H27N7O2/c1-14(2)22-18-10-15(26-29-11-16(35-26)13-33-9-3-4-21(33)24(27)34)5-6-20(18)31-23(22)17-7-8-28-25-19(17)12-30-32-25/h5-8,10-12,14,21,31H,3-4,9,13H2,1-2H3,(H2,27,34)(H,28,30,32)/t21-/m0/s1. The van der Waals surface area contributed by atoms with Crippen molar-refractivity contribution in [2.45, 2.75) is 45.2 Å². The van der Waals surface area contributed by atoms with Crippen molar-refractivity contribution < 1.29 is 9.21 Å². The van der Waals surface area contributed by atoms with E-state index in [2.05, 4.69) is 56.0 Å². The summed E-state index contributed by atoms with van der Waals surface area (Å²) in [5.74, 6) is 1.30. The van der Waals surface area contributed by atoms with E-state index in [-0.39, 0.29) is 17.9 Å². The highest BCUT2D eigenvalue weighted by molar-refractivity contribution is 5.99. The fraction of sp³-hybridized carbons (Fsp3) is 0.308. The van der Waals surface area contributed by atoms with Crippen LogP contribution in [0.25, 0.3) is 44.6 Å². The second kappa shape index (κ2) is 8.35. The summed E-state index contributed by atoms with van der Waals surface area (Å²) in [4.78, 5) is 26.3. The quantitative estimate of drug-likeness (QED) is 0.339. The van der Waals surface area contributed by atoms with Crippen molar-refractivity contribution >= 4 is 27.8 Å². The van der Waals surface area contributed by atoms with Crippen LogP contribution in [0.5, 0.6) is 0 Å². The predicted octanol–water partition coefficient (Wildman–Crippen LogP) is 4.33. The van der Waals surface area contributed by atoms with Crippen LogP contribution in [-0.4, -0.2) is 48.5 Å². The summed E-state index contributed by atoms with van der Waals surface area (Å²) in [6, 6.07) is 8.01. The first-order chi connectivity index (χ1) is 17.0. The Balaban J connectivity index is 1.38. The predicted molar refractivity (Wildman–Crippen MR) is 133 cm³/mol. The highest BCUT2D eigenvalue weighted by atomic mass is 16.4. The monoisotopic (exact) mass is 469 g/mol. The van der Waals surface area contributed by atoms with Gasteiger partial charge in [0.15, 0.2) is 5.65 Å². The number of fused-ring (bicyclic) bond motifs is 2. The van der Waals surface area contributed by atoms with Gasteiger partial charge in [0.25, 0.3) is 0 Å². The van der Waals surface area contributed by atoms with Gasteiger partial charge in [0.05, 0.1) is 30.7 Å². The topological polar surface area (TPSA) is 130 Å². The average Bonchev–Trinajstić information content (AvgIpc) is 3.63. The molecule has 1 aromatic carbocycles. The van der Waals surface area contributed by atoms with E-state index in [9.17, 15) is 4.79 Å². The number of amides is 1. The summed E-state index contributed by atoms with van der Waals surface area (Å²) in [7, 11) is 0. The molecule has 1 saturated heterocycles. The van der Waals surface area contributed by atoms with Crippen LogP contribution in [0, 0.1) is 0 Å². The number of primary amides is 1. The number of benzene rings is 1. The van der Waals surface area contributed by atoms with E-state index in [1.807, 2.05) is 18.3 Å². The van der Waals surface area contributed by atoms with E-state index in [1.165, 1.54) is 5.56 Å². The number of aromatic nitrogens is 5. The minimum absolute atomic E-state index is 0.235. The second-order valence-corrected chi connectivity index (χ2v) is 9.48. The first-order valence-electron chi connectivity index (χ1n) is 11.9. The van der Waals surface area contributed by atoms with Crippen LogP contribution in [0.2, 0.25) is 0 Å². The largest absolute Gasteiger partial charge is 0.440 e. The molecule has 1 amide bonds. The molecule has 0 saturated carbocycles. The number of carbonyl (C=O) groups excluding carboxylic acids is 1. The Morgan fingerprint density at radius 3 is 2.94 bits per heavy atom. The Labute approximate surface area is 201 Å². The summed E-state index contributed by atoms with van der Waals surface area (Å²) in [5, 5.41) is 9.24. The molecule has 5 aromatic rings. The number of nitrogens with one attached hydrogen (secondary N) is 2. The van der Waals surface area contributed by atoms with E-state index in [1.54, 1.807) is 12.4 Å². The lowest BCUT2D eigenvalue weighted by molar-refractivity contribution is -0.122. The molecule has 6 rings (SSSR count). The molecule has 1 atom stereocenters. The second-order valence-electron chi connectivity index (χ2n) is 9.48. The number of rotatable bonds is 6. The smallest absolute Gasteiger partial charge is 0.234 e. The van der Waals surface area contributed by atoms with Crippen LogP contribution in [0.15, 0.2) is 47.3 Å². The number of nitrogens with two attached hydrogens (primary N) is 1. The minimum Gasteiger partial charge on any atom is -0.440 e. The van der Waals surface area contributed by atoms with Gasteiger partial charge in [-0.05, 0) is 55.1 Å². The molecule has 4 N–H and O–H groups in total. The zero-order chi connectivity index (χ0) is 24.1. The highest BCUT2D eigenvalue weighted by Gasteiger charge is 2.29. The molecular formula is C26H27N7O2. The molecule has 4 aromatic heterocycles. The molecular weight excluding hydrogens is 442 g/mol. The number of H-pyrrole nitrogens is 2. The molecule has 1 aliphatic heterocycles. The Bertz CT molecular complexity index is 1540. The lowest BCUT2D eigenvalue weighted by Crippen LogP contribution is -2.39. The van der Waals surface area contributed by atoms with Gasteiger partial charge in [-0.25, -0.2) is 9.97 Å². The molecule has 5 heterocycles. The Morgan fingerprint density at radius 1 is 1.23 bits per heavy atom. The Hall–Kier alpha value is -3.98. The first-order valence-corrected chi connectivity index (χ1v) is 11.9. The van der Waals surface area contributed by atoms with Crippen molar-refractivity contribution in [3.63, 3.8) is 0 Å². The van der Waals surface area contributed by atoms with E-state index in [4.69, 9.17) is 10.2 Å². The molecule has 178 valence electrons. The molecule has 0 radical (unpaired) electrons. The van der Waals surface area contributed by atoms with Crippen molar-refractivity contribution in [3.8, 4) is 22.7 Å². The fourth-order valence-corrected chi connectivity index (χ4v) is 5.28. The molecule has 1 fully saturated rings. The minimum atomic E-state index is -0.279. The lowest BCUT2D eigenvalue weighted by atomic mass is 9.95. The molecule has 1 aliphatic rings. The maximum absolute atomic E-state index is 11.7. The van der Waals surface area contributed by atoms with Crippen molar-refractivity contribution in [1.82, 2.24) is 30.0 Å². The van der Waals surface area contributed by atoms with Crippen molar-refractivity contribution in [2.75, 3.05) is 6.54 Å². The number of oxazole rings is 1. The molecule has 9 nitrogen and oxygen atoms in total. The Morgan fingerprint density at radius 2 is 2.11 bits per heavy atom. The Kier molecular flexibility index (Phi) is 5.14. The van der Waals surface area contributed by atoms with Crippen LogP contribution >= 0.6 is 0 Å². The number of aromatic amines is 2. The number of carbonyl (C=O) groups is 1. The maximum atomic E-state index is 11.7.